The molecule has 5 aromatic carbocycles. The van der Waals surface area contributed by atoms with E-state index in [-0.39, 0.29) is 24.5 Å². The van der Waals surface area contributed by atoms with Gasteiger partial charge in [0, 0.05) is 38.0 Å². The van der Waals surface area contributed by atoms with Crippen molar-refractivity contribution in [3.8, 4) is 0 Å². The van der Waals surface area contributed by atoms with Gasteiger partial charge in [-0.2, -0.15) is 13.2 Å². The topological polar surface area (TPSA) is 58.6 Å². The summed E-state index contributed by atoms with van der Waals surface area (Å²) >= 11 is 0. The summed E-state index contributed by atoms with van der Waals surface area (Å²) in [6, 6.07) is 42.3. The lowest BCUT2D eigenvalue weighted by Crippen LogP contribution is -2.37. The Morgan fingerprint density at radius 3 is 1.92 bits per heavy atom. The first-order valence-corrected chi connectivity index (χ1v) is 17.2. The van der Waals surface area contributed by atoms with Crippen LogP contribution in [0.2, 0.25) is 0 Å². The number of halogens is 3. The summed E-state index contributed by atoms with van der Waals surface area (Å²) in [5, 5.41) is 3.04. The predicted molar refractivity (Wildman–Crippen MR) is 194 cm³/mol. The van der Waals surface area contributed by atoms with Crippen LogP contribution in [0.1, 0.15) is 63.0 Å². The van der Waals surface area contributed by atoms with Gasteiger partial charge < -0.3 is 10.1 Å². The molecular weight excluding hydrogens is 649 g/mol. The van der Waals surface area contributed by atoms with Gasteiger partial charge in [-0.25, -0.2) is 4.79 Å². The third-order valence-corrected chi connectivity index (χ3v) is 8.97. The number of nitrogens with zero attached hydrogens (tertiary/aromatic N) is 1. The smallest absolute Gasteiger partial charge is 0.416 e. The highest BCUT2D eigenvalue weighted by atomic mass is 19.4. The average Bonchev–Trinajstić information content (AvgIpc) is 3.14. The van der Waals surface area contributed by atoms with Gasteiger partial charge in [0.2, 0.25) is 5.91 Å². The summed E-state index contributed by atoms with van der Waals surface area (Å²) in [5.74, 6) is -0.520. The fourth-order valence-corrected chi connectivity index (χ4v) is 6.17. The normalized spacial score (nSPS) is 12.1. The van der Waals surface area contributed by atoms with Crippen molar-refractivity contribution >= 4 is 11.9 Å². The number of ether oxygens (including phenoxy) is 1. The van der Waals surface area contributed by atoms with Gasteiger partial charge in [-0.05, 0) is 65.8 Å². The lowest BCUT2D eigenvalue weighted by molar-refractivity contribution is -0.137. The quantitative estimate of drug-likeness (QED) is 0.105. The molecule has 1 N–H and O–H groups in total. The first kappa shape index (κ1) is 37.1. The Morgan fingerprint density at radius 2 is 1.31 bits per heavy atom. The van der Waals surface area contributed by atoms with Crippen molar-refractivity contribution < 1.29 is 27.5 Å². The lowest BCUT2D eigenvalue weighted by atomic mass is 9.88. The van der Waals surface area contributed by atoms with Crippen molar-refractivity contribution in [2.75, 3.05) is 19.7 Å². The molecule has 0 radical (unpaired) electrons. The average molecular weight is 693 g/mol. The van der Waals surface area contributed by atoms with Crippen LogP contribution in [0.5, 0.6) is 0 Å². The Morgan fingerprint density at radius 1 is 0.725 bits per heavy atom. The van der Waals surface area contributed by atoms with Crippen LogP contribution >= 0.6 is 0 Å². The van der Waals surface area contributed by atoms with E-state index in [0.717, 1.165) is 28.3 Å². The monoisotopic (exact) mass is 692 g/mol. The molecule has 0 bridgehead atoms. The second-order valence-electron chi connectivity index (χ2n) is 12.7. The molecular formula is C43H43F3N2O3. The molecule has 1 amide bonds. The Balaban J connectivity index is 1.11. The zero-order valence-electron chi connectivity index (χ0n) is 28.7. The van der Waals surface area contributed by atoms with Crippen LogP contribution in [0.4, 0.5) is 13.2 Å². The van der Waals surface area contributed by atoms with Crippen LogP contribution in [0, 0.1) is 0 Å². The number of alkyl halides is 3. The lowest BCUT2D eigenvalue weighted by Gasteiger charge is -2.29. The molecule has 5 nitrogen and oxygen atoms in total. The van der Waals surface area contributed by atoms with Crippen LogP contribution in [0.15, 0.2) is 140 Å². The van der Waals surface area contributed by atoms with E-state index >= 15 is 0 Å². The highest BCUT2D eigenvalue weighted by Crippen LogP contribution is 2.30. The van der Waals surface area contributed by atoms with Gasteiger partial charge >= 0.3 is 12.1 Å². The Bertz CT molecular complexity index is 1780. The summed E-state index contributed by atoms with van der Waals surface area (Å²) in [7, 11) is 0. The molecule has 0 heterocycles. The van der Waals surface area contributed by atoms with E-state index in [9.17, 15) is 22.8 Å². The molecule has 0 aliphatic rings. The van der Waals surface area contributed by atoms with Crippen LogP contribution in [-0.2, 0) is 35.1 Å². The molecule has 264 valence electrons. The minimum atomic E-state index is -4.40. The van der Waals surface area contributed by atoms with Gasteiger partial charge in [-0.15, -0.1) is 0 Å². The van der Waals surface area contributed by atoms with Crippen LogP contribution < -0.4 is 5.32 Å². The predicted octanol–water partition coefficient (Wildman–Crippen LogP) is 8.88. The molecule has 8 heteroatoms. The van der Waals surface area contributed by atoms with E-state index in [4.69, 9.17) is 4.74 Å². The van der Waals surface area contributed by atoms with E-state index in [1.54, 1.807) is 18.2 Å². The first-order valence-electron chi connectivity index (χ1n) is 17.2. The van der Waals surface area contributed by atoms with Gasteiger partial charge in [0.05, 0.1) is 11.1 Å². The second kappa shape index (κ2) is 18.2. The van der Waals surface area contributed by atoms with E-state index < -0.39 is 17.7 Å². The fraction of sp³-hybridized carbons (Fsp3) is 0.256. The molecule has 1 atom stereocenters. The SMILES string of the molecule is CC(Cc1cccc(C(F)(F)F)c1)N(CCOC(=O)c1ccc(CCNC(=O)CC(c2ccccc2)c2ccccc2)cc1)Cc1ccccc1. The first-order chi connectivity index (χ1) is 24.7. The molecule has 0 fully saturated rings. The number of esters is 1. The van der Waals surface area contributed by atoms with E-state index in [1.165, 1.54) is 12.1 Å². The largest absolute Gasteiger partial charge is 0.461 e. The van der Waals surface area contributed by atoms with Crippen molar-refractivity contribution in [1.29, 1.82) is 0 Å². The minimum Gasteiger partial charge on any atom is -0.461 e. The van der Waals surface area contributed by atoms with Crippen LogP contribution in [0.25, 0.3) is 0 Å². The molecule has 0 saturated carbocycles. The van der Waals surface area contributed by atoms with Gasteiger partial charge in [-0.1, -0.05) is 121 Å². The zero-order valence-corrected chi connectivity index (χ0v) is 28.7. The molecule has 0 spiro atoms. The fourth-order valence-electron chi connectivity index (χ4n) is 6.17. The highest BCUT2D eigenvalue weighted by molar-refractivity contribution is 5.89. The van der Waals surface area contributed by atoms with Gasteiger partial charge in [0.15, 0.2) is 0 Å². The Kier molecular flexibility index (Phi) is 13.2. The van der Waals surface area contributed by atoms with Gasteiger partial charge in [0.1, 0.15) is 6.61 Å². The molecule has 5 aromatic rings. The number of carbonyl (C=O) groups excluding carboxylic acids is 2. The summed E-state index contributed by atoms with van der Waals surface area (Å²) in [6.07, 6.45) is -3.04. The third kappa shape index (κ3) is 11.4. The van der Waals surface area contributed by atoms with E-state index in [2.05, 4.69) is 10.2 Å². The Hall–Kier alpha value is -5.21. The van der Waals surface area contributed by atoms with Crippen LogP contribution in [0.3, 0.4) is 0 Å². The van der Waals surface area contributed by atoms with Crippen molar-refractivity contribution in [2.45, 2.75) is 50.9 Å². The number of carbonyl (C=O) groups is 2. The van der Waals surface area contributed by atoms with E-state index in [1.807, 2.05) is 110 Å². The van der Waals surface area contributed by atoms with Gasteiger partial charge in [-0.3, -0.25) is 9.69 Å². The number of amides is 1. The maximum Gasteiger partial charge on any atom is 0.416 e. The summed E-state index contributed by atoms with van der Waals surface area (Å²) in [5.41, 5.74) is 4.57. The van der Waals surface area contributed by atoms with Crippen LogP contribution in [-0.4, -0.2) is 42.5 Å². The summed E-state index contributed by atoms with van der Waals surface area (Å²) in [6.45, 7) is 3.53. The molecule has 0 aromatic heterocycles. The molecule has 5 rings (SSSR count). The minimum absolute atomic E-state index is 0.0293. The van der Waals surface area contributed by atoms with Gasteiger partial charge in [0.25, 0.3) is 0 Å². The number of benzene rings is 5. The molecule has 0 aliphatic carbocycles. The highest BCUT2D eigenvalue weighted by Gasteiger charge is 2.30. The molecule has 1 unspecified atom stereocenters. The van der Waals surface area contributed by atoms with Crippen molar-refractivity contribution in [1.82, 2.24) is 10.2 Å². The zero-order chi connectivity index (χ0) is 36.1. The molecule has 0 saturated heterocycles. The van der Waals surface area contributed by atoms with Crippen molar-refractivity contribution in [2.24, 2.45) is 0 Å². The van der Waals surface area contributed by atoms with Crippen molar-refractivity contribution in [3.05, 3.63) is 178 Å². The number of rotatable bonds is 16. The molecule has 51 heavy (non-hydrogen) atoms. The summed E-state index contributed by atoms with van der Waals surface area (Å²) < 4.78 is 45.5. The maximum absolute atomic E-state index is 13.3. The third-order valence-electron chi connectivity index (χ3n) is 8.97. The molecule has 0 aliphatic heterocycles. The number of hydrogen-bond acceptors (Lipinski definition) is 4. The second-order valence-corrected chi connectivity index (χ2v) is 12.7. The number of hydrogen-bond donors (Lipinski definition) is 1. The maximum atomic E-state index is 13.3. The van der Waals surface area contributed by atoms with Crippen molar-refractivity contribution in [3.63, 3.8) is 0 Å². The standard InChI is InChI=1S/C43H43F3N2O3/c1-32(28-35-14-11-19-39(29-35)43(44,45)46)48(31-34-12-5-2-6-13-34)26-27-51-42(50)38-22-20-33(21-23-38)24-25-47-41(49)30-40(36-15-7-3-8-16-36)37-17-9-4-10-18-37/h2-23,29,32,40H,24-28,30-31H2,1H3,(H,47,49). The Labute approximate surface area is 298 Å². The summed E-state index contributed by atoms with van der Waals surface area (Å²) in [4.78, 5) is 28.0. The number of nitrogens with one attached hydrogen (secondary N) is 1. The van der Waals surface area contributed by atoms with E-state index in [0.29, 0.717) is 50.0 Å².